The lowest BCUT2D eigenvalue weighted by molar-refractivity contribution is -0.141. The number of piperidine rings is 2. The Morgan fingerprint density at radius 3 is 1.21 bits per heavy atom. The molecule has 0 spiro atoms. The van der Waals surface area contributed by atoms with Gasteiger partial charge < -0.3 is 31.5 Å². The number of rotatable bonds is 15. The summed E-state index contributed by atoms with van der Waals surface area (Å²) in [5.74, 6) is -1.17. The maximum Gasteiger partial charge on any atom is 0.405 e. The maximum atomic E-state index is 13.5. The molecule has 2 saturated heterocycles. The summed E-state index contributed by atoms with van der Waals surface area (Å²) in [7, 11) is 0. The lowest BCUT2D eigenvalue weighted by atomic mass is 9.73. The van der Waals surface area contributed by atoms with E-state index in [1.54, 1.807) is 0 Å². The predicted octanol–water partition coefficient (Wildman–Crippen LogP) is 8.63. The second-order valence-electron chi connectivity index (χ2n) is 18.5. The van der Waals surface area contributed by atoms with Crippen LogP contribution in [0.15, 0.2) is 97.1 Å². The fourth-order valence-corrected chi connectivity index (χ4v) is 10.8. The van der Waals surface area contributed by atoms with Crippen LogP contribution in [0.3, 0.4) is 0 Å². The van der Waals surface area contributed by atoms with E-state index in [9.17, 15) is 40.7 Å². The number of nitrogens with zero attached hydrogens (tertiary/aromatic N) is 2. The zero-order valence-corrected chi connectivity index (χ0v) is 38.1. The smallest absolute Gasteiger partial charge is 0.354 e. The molecule has 4 aromatic carbocycles. The van der Waals surface area contributed by atoms with Crippen molar-refractivity contribution in [1.82, 2.24) is 25.8 Å². The van der Waals surface area contributed by atoms with E-state index < -0.39 is 48.1 Å². The summed E-state index contributed by atoms with van der Waals surface area (Å²) in [4.78, 5) is 42.9. The van der Waals surface area contributed by atoms with Crippen LogP contribution in [0.2, 0.25) is 0 Å². The van der Waals surface area contributed by atoms with Gasteiger partial charge in [-0.15, -0.1) is 0 Å². The Bertz CT molecular complexity index is 2250. The molecule has 0 bridgehead atoms. The molecule has 0 atom stereocenters. The fourth-order valence-electron chi connectivity index (χ4n) is 10.8. The second-order valence-corrected chi connectivity index (χ2v) is 18.5. The van der Waals surface area contributed by atoms with Crippen molar-refractivity contribution in [1.29, 1.82) is 0 Å². The highest BCUT2D eigenvalue weighted by atomic mass is 19.4. The molecule has 3 amide bonds. The lowest BCUT2D eigenvalue weighted by Crippen LogP contribution is -2.47. The number of hydrogen-bond donors (Lipinski definition) is 4. The molecule has 15 heteroatoms. The third kappa shape index (κ3) is 11.5. The highest BCUT2D eigenvalue weighted by Crippen LogP contribution is 2.53. The van der Waals surface area contributed by atoms with Gasteiger partial charge in [0.25, 0.3) is 0 Å². The highest BCUT2D eigenvalue weighted by Gasteiger charge is 2.50. The number of nitrogens with one attached hydrogen (secondary N) is 3. The molecule has 0 aromatic heterocycles. The van der Waals surface area contributed by atoms with Crippen LogP contribution in [0.4, 0.5) is 26.3 Å². The second kappa shape index (κ2) is 21.4. The number of nitrogens with two attached hydrogens (primary N) is 1. The number of hydrogen-bond acceptors (Lipinski definition) is 6. The van der Waals surface area contributed by atoms with Crippen molar-refractivity contribution < 1.29 is 40.7 Å². The molecule has 4 aliphatic rings. The van der Waals surface area contributed by atoms with Crippen LogP contribution in [0.5, 0.6) is 0 Å². The van der Waals surface area contributed by atoms with Gasteiger partial charge >= 0.3 is 12.4 Å². The van der Waals surface area contributed by atoms with Crippen molar-refractivity contribution in [3.63, 3.8) is 0 Å². The van der Waals surface area contributed by atoms with Crippen LogP contribution < -0.4 is 21.7 Å². The molecular formula is C52H62F6N6O3. The van der Waals surface area contributed by atoms with E-state index in [1.165, 1.54) is 6.92 Å². The fraction of sp³-hybridized carbons (Fsp3) is 0.481. The van der Waals surface area contributed by atoms with Gasteiger partial charge in [-0.05, 0) is 122 Å². The van der Waals surface area contributed by atoms with Crippen molar-refractivity contribution in [3.8, 4) is 22.3 Å². The number of amides is 3. The van der Waals surface area contributed by atoms with Gasteiger partial charge in [0.15, 0.2) is 0 Å². The molecule has 0 radical (unpaired) electrons. The summed E-state index contributed by atoms with van der Waals surface area (Å²) in [6, 6.07) is 30.8. The maximum absolute atomic E-state index is 13.5. The summed E-state index contributed by atoms with van der Waals surface area (Å²) in [6.07, 6.45) is -1.06. The number of benzene rings is 4. The minimum Gasteiger partial charge on any atom is -0.354 e. The molecule has 4 aromatic rings. The molecule has 2 aliphatic carbocycles. The van der Waals surface area contributed by atoms with Gasteiger partial charge in [-0.2, -0.15) is 26.3 Å². The zero-order chi connectivity index (χ0) is 47.8. The quantitative estimate of drug-likeness (QED) is 0.0701. The molecule has 9 nitrogen and oxygen atoms in total. The molecule has 2 heterocycles. The summed E-state index contributed by atoms with van der Waals surface area (Å²) in [5, 5.41) is 7.36. The van der Waals surface area contributed by atoms with Gasteiger partial charge in [-0.1, -0.05) is 110 Å². The van der Waals surface area contributed by atoms with E-state index >= 15 is 0 Å². The van der Waals surface area contributed by atoms with E-state index in [0.29, 0.717) is 19.3 Å². The molecule has 0 unspecified atom stereocenters. The van der Waals surface area contributed by atoms with E-state index in [-0.39, 0.29) is 18.0 Å². The topological polar surface area (TPSA) is 120 Å². The Hall–Kier alpha value is -5.25. The first-order valence-corrected chi connectivity index (χ1v) is 23.6. The SMILES string of the molecule is CC(=O)NC1CCN(CCCCC2(C(=O)NCC(F)(F)F)c3ccccc3-c3ccccc32)CC1.NC1CCN(CCCCC2(C(=O)NCC(F)(F)F)c3ccccc3-c3ccccc32)CC1. The summed E-state index contributed by atoms with van der Waals surface area (Å²) in [6.45, 7) is 4.38. The first-order valence-electron chi connectivity index (χ1n) is 23.6. The number of alkyl halides is 6. The third-order valence-corrected chi connectivity index (χ3v) is 14.0. The van der Waals surface area contributed by atoms with Crippen molar-refractivity contribution >= 4 is 17.7 Å². The Kier molecular flexibility index (Phi) is 15.8. The Morgan fingerprint density at radius 1 is 0.552 bits per heavy atom. The summed E-state index contributed by atoms with van der Waals surface area (Å²) in [5.41, 5.74) is 10.5. The first-order chi connectivity index (χ1) is 32.0. The van der Waals surface area contributed by atoms with Crippen LogP contribution in [0, 0.1) is 0 Å². The Balaban J connectivity index is 0.000000200. The van der Waals surface area contributed by atoms with E-state index in [2.05, 4.69) is 25.8 Å². The van der Waals surface area contributed by atoms with Gasteiger partial charge in [-0.3, -0.25) is 14.4 Å². The average Bonchev–Trinajstić information content (AvgIpc) is 3.76. The monoisotopic (exact) mass is 932 g/mol. The van der Waals surface area contributed by atoms with Gasteiger partial charge in [0, 0.05) is 32.1 Å². The van der Waals surface area contributed by atoms with Crippen LogP contribution in [0.1, 0.15) is 93.4 Å². The normalized spacial score (nSPS) is 17.9. The number of carbonyl (C=O) groups excluding carboxylic acids is 3. The third-order valence-electron chi connectivity index (χ3n) is 14.0. The number of unbranched alkanes of at least 4 members (excludes halogenated alkanes) is 2. The number of likely N-dealkylation sites (tertiary alicyclic amines) is 2. The minimum absolute atomic E-state index is 0.00493. The van der Waals surface area contributed by atoms with Gasteiger partial charge in [-0.25, -0.2) is 0 Å². The first kappa shape index (κ1) is 49.6. The molecule has 2 fully saturated rings. The summed E-state index contributed by atoms with van der Waals surface area (Å²) < 4.78 is 77.7. The zero-order valence-electron chi connectivity index (χ0n) is 38.1. The highest BCUT2D eigenvalue weighted by molar-refractivity contribution is 6.01. The Labute approximate surface area is 389 Å². The molecular weight excluding hydrogens is 871 g/mol. The van der Waals surface area contributed by atoms with Crippen LogP contribution in [0.25, 0.3) is 22.3 Å². The number of halogens is 6. The van der Waals surface area contributed by atoms with Crippen molar-refractivity contribution in [3.05, 3.63) is 119 Å². The molecule has 2 aliphatic heterocycles. The van der Waals surface area contributed by atoms with Crippen molar-refractivity contribution in [2.24, 2.45) is 5.73 Å². The van der Waals surface area contributed by atoms with E-state index in [1.807, 2.05) is 97.1 Å². The number of carbonyl (C=O) groups is 3. The Morgan fingerprint density at radius 2 is 0.881 bits per heavy atom. The van der Waals surface area contributed by atoms with Gasteiger partial charge in [0.1, 0.15) is 23.9 Å². The molecule has 5 N–H and O–H groups in total. The average molecular weight is 933 g/mol. The summed E-state index contributed by atoms with van der Waals surface area (Å²) >= 11 is 0. The molecule has 8 rings (SSSR count). The van der Waals surface area contributed by atoms with Crippen molar-refractivity contribution in [2.75, 3.05) is 52.4 Å². The minimum atomic E-state index is -4.47. The number of fused-ring (bicyclic) bond motifs is 6. The molecule has 67 heavy (non-hydrogen) atoms. The van der Waals surface area contributed by atoms with Crippen LogP contribution in [-0.4, -0.2) is 104 Å². The molecule has 0 saturated carbocycles. The molecule has 360 valence electrons. The predicted molar refractivity (Wildman–Crippen MR) is 248 cm³/mol. The van der Waals surface area contributed by atoms with Crippen LogP contribution in [-0.2, 0) is 25.2 Å². The standard InChI is InChI=1S/C27H32F3N3O2.C25H30F3N3O/c1-19(34)32-20-12-16-33(17-13-20)15-7-6-14-26(25(35)31-18-27(28,29)30)23-10-4-2-8-21(23)22-9-3-5-11-24(22)26;26-25(27,28)17-30-23(32)24(13-5-6-14-31-15-11-18(29)12-16-31)21-9-3-1-7-19(21)20-8-2-4-10-22(20)24/h2-5,8-11,20H,6-7,12-18H2,1H3,(H,31,35)(H,32,34);1-4,7-10,18H,5-6,11-17,29H2,(H,30,32). The largest absolute Gasteiger partial charge is 0.405 e. The van der Waals surface area contributed by atoms with Crippen LogP contribution >= 0.6 is 0 Å². The van der Waals surface area contributed by atoms with Crippen molar-refractivity contribution in [2.45, 2.75) is 106 Å². The lowest BCUT2D eigenvalue weighted by Gasteiger charge is -2.33. The van der Waals surface area contributed by atoms with E-state index in [4.69, 9.17) is 5.73 Å². The van der Waals surface area contributed by atoms with E-state index in [0.717, 1.165) is 129 Å². The van der Waals surface area contributed by atoms with Gasteiger partial charge in [0.2, 0.25) is 17.7 Å². The van der Waals surface area contributed by atoms with Gasteiger partial charge in [0.05, 0.1) is 0 Å².